The van der Waals surface area contributed by atoms with Gasteiger partial charge in [-0.25, -0.2) is 4.98 Å². The number of nitrogens with two attached hydrogens (primary N) is 1. The molecule has 1 aromatic carbocycles. The second-order valence-corrected chi connectivity index (χ2v) is 5.44. The van der Waals surface area contributed by atoms with Crippen LogP contribution < -0.4 is 16.0 Å². The molecule has 0 aliphatic rings. The first-order valence-corrected chi connectivity index (χ1v) is 7.57. The Morgan fingerprint density at radius 2 is 2.05 bits per heavy atom. The average molecular weight is 301 g/mol. The molecule has 0 radical (unpaired) electrons. The predicted molar refractivity (Wildman–Crippen MR) is 87.3 cm³/mol. The lowest BCUT2D eigenvalue weighted by molar-refractivity contribution is 0.316. The molecule has 0 spiro atoms. The fraction of sp³-hybridized carbons (Fsp3) is 0.412. The number of benzene rings is 1. The second kappa shape index (κ2) is 7.75. The lowest BCUT2D eigenvalue weighted by Crippen LogP contribution is -2.16. The Balaban J connectivity index is 1.96. The van der Waals surface area contributed by atoms with Gasteiger partial charge in [0.25, 0.3) is 5.56 Å². The minimum Gasteiger partial charge on any atom is -0.493 e. The van der Waals surface area contributed by atoms with Gasteiger partial charge in [0, 0.05) is 18.2 Å². The van der Waals surface area contributed by atoms with Crippen LogP contribution in [0.4, 0.5) is 0 Å². The molecule has 0 atom stereocenters. The standard InChI is InChI=1S/C17H23N3O2/c1-12-5-6-15(13(2)10-12)22-9-7-16-19-14(4-3-8-18)11-17(21)20-16/h5-6,10-11H,3-4,7-9,18H2,1-2H3,(H,19,20,21). The van der Waals surface area contributed by atoms with Crippen molar-refractivity contribution in [2.45, 2.75) is 33.1 Å². The van der Waals surface area contributed by atoms with Gasteiger partial charge in [-0.2, -0.15) is 0 Å². The fourth-order valence-corrected chi connectivity index (χ4v) is 2.31. The van der Waals surface area contributed by atoms with Crippen molar-refractivity contribution in [3.63, 3.8) is 0 Å². The van der Waals surface area contributed by atoms with E-state index in [1.165, 1.54) is 11.6 Å². The highest BCUT2D eigenvalue weighted by molar-refractivity contribution is 5.35. The summed E-state index contributed by atoms with van der Waals surface area (Å²) in [6.45, 7) is 5.15. The molecule has 22 heavy (non-hydrogen) atoms. The zero-order valence-corrected chi connectivity index (χ0v) is 13.2. The molecule has 0 saturated carbocycles. The van der Waals surface area contributed by atoms with Crippen molar-refractivity contribution in [3.05, 3.63) is 57.3 Å². The number of nitrogens with zero attached hydrogens (tertiary/aromatic N) is 1. The third-order valence-corrected chi connectivity index (χ3v) is 3.41. The van der Waals surface area contributed by atoms with E-state index < -0.39 is 0 Å². The number of hydrogen-bond acceptors (Lipinski definition) is 4. The second-order valence-electron chi connectivity index (χ2n) is 5.44. The van der Waals surface area contributed by atoms with Gasteiger partial charge in [-0.15, -0.1) is 0 Å². The van der Waals surface area contributed by atoms with Crippen LogP contribution in [0.15, 0.2) is 29.1 Å². The van der Waals surface area contributed by atoms with E-state index in [1.807, 2.05) is 19.1 Å². The molecular formula is C17H23N3O2. The molecule has 0 unspecified atom stereocenters. The van der Waals surface area contributed by atoms with Gasteiger partial charge in [0.05, 0.1) is 6.61 Å². The van der Waals surface area contributed by atoms with Crippen molar-refractivity contribution in [1.29, 1.82) is 0 Å². The zero-order valence-electron chi connectivity index (χ0n) is 13.2. The number of ether oxygens (including phenoxy) is 1. The van der Waals surface area contributed by atoms with Crippen LogP contribution in [0.5, 0.6) is 5.75 Å². The Morgan fingerprint density at radius 1 is 1.23 bits per heavy atom. The van der Waals surface area contributed by atoms with Gasteiger partial charge in [0.1, 0.15) is 11.6 Å². The molecular weight excluding hydrogens is 278 g/mol. The maximum atomic E-state index is 11.6. The summed E-state index contributed by atoms with van der Waals surface area (Å²) in [4.78, 5) is 18.8. The van der Waals surface area contributed by atoms with Crippen LogP contribution in [-0.4, -0.2) is 23.1 Å². The van der Waals surface area contributed by atoms with E-state index in [1.54, 1.807) is 0 Å². The van der Waals surface area contributed by atoms with E-state index in [-0.39, 0.29) is 5.56 Å². The molecule has 1 heterocycles. The molecule has 0 bridgehead atoms. The summed E-state index contributed by atoms with van der Waals surface area (Å²) in [6.07, 6.45) is 2.12. The number of aryl methyl sites for hydroxylation is 3. The van der Waals surface area contributed by atoms with Crippen LogP contribution in [-0.2, 0) is 12.8 Å². The topological polar surface area (TPSA) is 81.0 Å². The first kappa shape index (κ1) is 16.2. The highest BCUT2D eigenvalue weighted by Crippen LogP contribution is 2.18. The quantitative estimate of drug-likeness (QED) is 0.818. The number of nitrogens with one attached hydrogen (secondary N) is 1. The summed E-state index contributed by atoms with van der Waals surface area (Å²) < 4.78 is 5.77. The minimum absolute atomic E-state index is 0.122. The summed E-state index contributed by atoms with van der Waals surface area (Å²) >= 11 is 0. The third-order valence-electron chi connectivity index (χ3n) is 3.41. The van der Waals surface area contributed by atoms with Crippen LogP contribution in [0.3, 0.4) is 0 Å². The fourth-order valence-electron chi connectivity index (χ4n) is 2.31. The minimum atomic E-state index is -0.122. The first-order chi connectivity index (χ1) is 10.6. The third kappa shape index (κ3) is 4.70. The Bertz CT molecular complexity index is 680. The Labute approximate surface area is 130 Å². The highest BCUT2D eigenvalue weighted by Gasteiger charge is 2.04. The molecule has 118 valence electrons. The van der Waals surface area contributed by atoms with E-state index in [9.17, 15) is 4.79 Å². The lowest BCUT2D eigenvalue weighted by Gasteiger charge is -2.10. The summed E-state index contributed by atoms with van der Waals surface area (Å²) in [6, 6.07) is 7.61. The van der Waals surface area contributed by atoms with Gasteiger partial charge < -0.3 is 15.5 Å². The Kier molecular flexibility index (Phi) is 5.72. The molecule has 0 aliphatic carbocycles. The van der Waals surface area contributed by atoms with E-state index in [0.717, 1.165) is 29.8 Å². The highest BCUT2D eigenvalue weighted by atomic mass is 16.5. The van der Waals surface area contributed by atoms with Crippen molar-refractivity contribution < 1.29 is 4.74 Å². The van der Waals surface area contributed by atoms with E-state index in [0.29, 0.717) is 25.4 Å². The van der Waals surface area contributed by atoms with Crippen molar-refractivity contribution >= 4 is 0 Å². The molecule has 0 saturated heterocycles. The van der Waals surface area contributed by atoms with Crippen molar-refractivity contribution in [1.82, 2.24) is 9.97 Å². The van der Waals surface area contributed by atoms with Crippen LogP contribution in [0, 0.1) is 13.8 Å². The molecule has 1 aromatic heterocycles. The summed E-state index contributed by atoms with van der Waals surface area (Å²) in [7, 11) is 0. The monoisotopic (exact) mass is 301 g/mol. The number of rotatable bonds is 7. The Morgan fingerprint density at radius 3 is 2.77 bits per heavy atom. The van der Waals surface area contributed by atoms with Crippen molar-refractivity contribution in [3.8, 4) is 5.75 Å². The van der Waals surface area contributed by atoms with Gasteiger partial charge >= 0.3 is 0 Å². The van der Waals surface area contributed by atoms with Gasteiger partial charge in [-0.3, -0.25) is 4.79 Å². The van der Waals surface area contributed by atoms with Crippen molar-refractivity contribution in [2.24, 2.45) is 5.73 Å². The van der Waals surface area contributed by atoms with E-state index in [2.05, 4.69) is 23.0 Å². The molecule has 2 rings (SSSR count). The smallest absolute Gasteiger partial charge is 0.251 e. The zero-order chi connectivity index (χ0) is 15.9. The van der Waals surface area contributed by atoms with Gasteiger partial charge in [-0.05, 0) is 44.9 Å². The number of hydrogen-bond donors (Lipinski definition) is 2. The lowest BCUT2D eigenvalue weighted by atomic mass is 10.1. The van der Waals surface area contributed by atoms with Gasteiger partial charge in [0.2, 0.25) is 0 Å². The van der Waals surface area contributed by atoms with E-state index in [4.69, 9.17) is 10.5 Å². The molecule has 0 fully saturated rings. The molecule has 5 nitrogen and oxygen atoms in total. The van der Waals surface area contributed by atoms with E-state index >= 15 is 0 Å². The van der Waals surface area contributed by atoms with Crippen LogP contribution in [0.1, 0.15) is 29.1 Å². The normalized spacial score (nSPS) is 10.7. The number of H-pyrrole nitrogens is 1. The van der Waals surface area contributed by atoms with Crippen LogP contribution in [0.2, 0.25) is 0 Å². The largest absolute Gasteiger partial charge is 0.493 e. The first-order valence-electron chi connectivity index (χ1n) is 7.57. The number of aromatic nitrogens is 2. The predicted octanol–water partition coefficient (Wildman–Crippen LogP) is 1.90. The SMILES string of the molecule is Cc1ccc(OCCc2nc(CCCN)cc(=O)[nH]2)c(C)c1. The van der Waals surface area contributed by atoms with Gasteiger partial charge in [0.15, 0.2) is 0 Å². The molecule has 0 aliphatic heterocycles. The van der Waals surface area contributed by atoms with Crippen LogP contribution >= 0.6 is 0 Å². The summed E-state index contributed by atoms with van der Waals surface area (Å²) in [5.74, 6) is 1.52. The molecule has 5 heteroatoms. The summed E-state index contributed by atoms with van der Waals surface area (Å²) in [5.41, 5.74) is 8.47. The van der Waals surface area contributed by atoms with Crippen LogP contribution in [0.25, 0.3) is 0 Å². The molecule has 3 N–H and O–H groups in total. The van der Waals surface area contributed by atoms with Gasteiger partial charge in [-0.1, -0.05) is 17.7 Å². The number of aromatic amines is 1. The molecule has 2 aromatic rings. The summed E-state index contributed by atoms with van der Waals surface area (Å²) in [5, 5.41) is 0. The maximum absolute atomic E-state index is 11.6. The average Bonchev–Trinajstić information content (AvgIpc) is 2.47. The Hall–Kier alpha value is -2.14. The molecule has 0 amide bonds. The van der Waals surface area contributed by atoms with Crippen molar-refractivity contribution in [2.75, 3.05) is 13.2 Å². The maximum Gasteiger partial charge on any atom is 0.251 e.